The fourth-order valence-electron chi connectivity index (χ4n) is 3.11. The van der Waals surface area contributed by atoms with Crippen LogP contribution >= 0.6 is 0 Å². The van der Waals surface area contributed by atoms with E-state index < -0.39 is 0 Å². The van der Waals surface area contributed by atoms with Crippen LogP contribution in [0.1, 0.15) is 12.8 Å². The lowest BCUT2D eigenvalue weighted by Gasteiger charge is -2.36. The van der Waals surface area contributed by atoms with Gasteiger partial charge in [0.25, 0.3) is 0 Å². The van der Waals surface area contributed by atoms with Gasteiger partial charge in [0.15, 0.2) is 0 Å². The number of methoxy groups -OCH3 is 1. The zero-order valence-electron chi connectivity index (χ0n) is 14.2. The number of rotatable bonds is 6. The molecule has 2 heterocycles. The Labute approximate surface area is 143 Å². The number of piperazine rings is 1. The van der Waals surface area contributed by atoms with Gasteiger partial charge in [0.1, 0.15) is 5.75 Å². The molecule has 0 N–H and O–H groups in total. The summed E-state index contributed by atoms with van der Waals surface area (Å²) in [6.07, 6.45) is 5.59. The first kappa shape index (κ1) is 16.4. The van der Waals surface area contributed by atoms with Crippen molar-refractivity contribution in [2.24, 2.45) is 0 Å². The van der Waals surface area contributed by atoms with Crippen molar-refractivity contribution in [3.8, 4) is 5.75 Å². The van der Waals surface area contributed by atoms with Crippen molar-refractivity contribution in [2.75, 3.05) is 38.2 Å². The molecule has 1 fully saturated rings. The molecular formula is C19H25N3O2. The minimum atomic E-state index is 0.271. The van der Waals surface area contributed by atoms with E-state index in [1.807, 2.05) is 41.6 Å². The summed E-state index contributed by atoms with van der Waals surface area (Å²) >= 11 is 0. The van der Waals surface area contributed by atoms with Gasteiger partial charge < -0.3 is 19.1 Å². The average Bonchev–Trinajstić information content (AvgIpc) is 3.15. The van der Waals surface area contributed by atoms with Crippen molar-refractivity contribution in [3.63, 3.8) is 0 Å². The minimum absolute atomic E-state index is 0.271. The molecule has 5 heteroatoms. The molecule has 0 atom stereocenters. The van der Waals surface area contributed by atoms with E-state index in [0.29, 0.717) is 6.42 Å². The predicted molar refractivity (Wildman–Crippen MR) is 95.5 cm³/mol. The lowest BCUT2D eigenvalue weighted by molar-refractivity contribution is -0.131. The number of benzene rings is 1. The topological polar surface area (TPSA) is 37.7 Å². The number of anilines is 1. The SMILES string of the molecule is COc1cccc(N2CCN(C(=O)CCCn3cccc3)CC2)c1. The predicted octanol–water partition coefficient (Wildman–Crippen LogP) is 2.63. The zero-order valence-corrected chi connectivity index (χ0v) is 14.2. The van der Waals surface area contributed by atoms with E-state index >= 15 is 0 Å². The first-order chi connectivity index (χ1) is 11.8. The molecule has 3 rings (SSSR count). The molecule has 5 nitrogen and oxygen atoms in total. The van der Waals surface area contributed by atoms with Crippen molar-refractivity contribution < 1.29 is 9.53 Å². The molecule has 0 aliphatic carbocycles. The van der Waals surface area contributed by atoms with E-state index in [1.54, 1.807) is 7.11 Å². The lowest BCUT2D eigenvalue weighted by Crippen LogP contribution is -2.48. The van der Waals surface area contributed by atoms with Gasteiger partial charge in [-0.3, -0.25) is 4.79 Å². The molecule has 128 valence electrons. The van der Waals surface area contributed by atoms with Gasteiger partial charge in [-0.25, -0.2) is 0 Å². The van der Waals surface area contributed by atoms with Gasteiger partial charge in [-0.15, -0.1) is 0 Å². The zero-order chi connectivity index (χ0) is 16.8. The standard InChI is InChI=1S/C19H25N3O2/c1-24-18-7-4-6-17(16-18)21-12-14-22(15-13-21)19(23)8-5-11-20-9-2-3-10-20/h2-4,6-7,9-10,16H,5,8,11-15H2,1H3. The Balaban J connectivity index is 1.44. The maximum Gasteiger partial charge on any atom is 0.222 e. The third-order valence-corrected chi connectivity index (χ3v) is 4.52. The van der Waals surface area contributed by atoms with E-state index in [1.165, 1.54) is 0 Å². The highest BCUT2D eigenvalue weighted by atomic mass is 16.5. The Hall–Kier alpha value is -2.43. The maximum absolute atomic E-state index is 12.3. The second kappa shape index (κ2) is 7.90. The van der Waals surface area contributed by atoms with E-state index in [0.717, 1.165) is 50.6 Å². The van der Waals surface area contributed by atoms with Crippen LogP contribution in [0.2, 0.25) is 0 Å². The quantitative estimate of drug-likeness (QED) is 0.818. The molecule has 1 aromatic heterocycles. The molecule has 0 bridgehead atoms. The molecule has 24 heavy (non-hydrogen) atoms. The summed E-state index contributed by atoms with van der Waals surface area (Å²) in [7, 11) is 1.68. The summed E-state index contributed by atoms with van der Waals surface area (Å²) < 4.78 is 7.41. The van der Waals surface area contributed by atoms with Crippen LogP contribution in [-0.2, 0) is 11.3 Å². The molecule has 1 aliphatic heterocycles. The van der Waals surface area contributed by atoms with Crippen LogP contribution in [0.3, 0.4) is 0 Å². The van der Waals surface area contributed by atoms with Gasteiger partial charge in [-0.05, 0) is 30.7 Å². The average molecular weight is 327 g/mol. The van der Waals surface area contributed by atoms with Gasteiger partial charge >= 0.3 is 0 Å². The minimum Gasteiger partial charge on any atom is -0.497 e. The molecular weight excluding hydrogens is 302 g/mol. The number of hydrogen-bond acceptors (Lipinski definition) is 3. The number of aryl methyl sites for hydroxylation is 1. The van der Waals surface area contributed by atoms with Crippen molar-refractivity contribution in [3.05, 3.63) is 48.8 Å². The third-order valence-electron chi connectivity index (χ3n) is 4.52. The Morgan fingerprint density at radius 3 is 2.54 bits per heavy atom. The maximum atomic E-state index is 12.3. The van der Waals surface area contributed by atoms with Gasteiger partial charge in [-0.1, -0.05) is 6.07 Å². The highest BCUT2D eigenvalue weighted by molar-refractivity contribution is 5.76. The first-order valence-corrected chi connectivity index (χ1v) is 8.54. The summed E-state index contributed by atoms with van der Waals surface area (Å²) in [5.41, 5.74) is 1.16. The third kappa shape index (κ3) is 4.10. The Kier molecular flexibility index (Phi) is 5.41. The summed E-state index contributed by atoms with van der Waals surface area (Å²) in [5.74, 6) is 1.14. The van der Waals surface area contributed by atoms with Crippen LogP contribution in [0.4, 0.5) is 5.69 Å². The summed E-state index contributed by atoms with van der Waals surface area (Å²) in [6, 6.07) is 12.1. The van der Waals surface area contributed by atoms with E-state index in [2.05, 4.69) is 21.6 Å². The van der Waals surface area contributed by atoms with Crippen LogP contribution in [0.25, 0.3) is 0 Å². The highest BCUT2D eigenvalue weighted by Crippen LogP contribution is 2.22. The lowest BCUT2D eigenvalue weighted by atomic mass is 10.2. The van der Waals surface area contributed by atoms with Gasteiger partial charge in [0, 0.05) is 63.3 Å². The number of nitrogens with zero attached hydrogens (tertiary/aromatic N) is 3. The molecule has 0 radical (unpaired) electrons. The summed E-state index contributed by atoms with van der Waals surface area (Å²) in [4.78, 5) is 16.7. The van der Waals surface area contributed by atoms with E-state index in [4.69, 9.17) is 4.74 Å². The Bertz CT molecular complexity index is 646. The second-order valence-corrected chi connectivity index (χ2v) is 6.09. The number of carbonyl (C=O) groups excluding carboxylic acids is 1. The monoisotopic (exact) mass is 327 g/mol. The number of carbonyl (C=O) groups is 1. The Morgan fingerprint density at radius 1 is 1.08 bits per heavy atom. The molecule has 0 saturated carbocycles. The summed E-state index contributed by atoms with van der Waals surface area (Å²) in [5, 5.41) is 0. The van der Waals surface area contributed by atoms with Gasteiger partial charge in [0.2, 0.25) is 5.91 Å². The van der Waals surface area contributed by atoms with Crippen LogP contribution in [0.5, 0.6) is 5.75 Å². The van der Waals surface area contributed by atoms with Crippen LogP contribution in [-0.4, -0.2) is 48.7 Å². The van der Waals surface area contributed by atoms with Crippen molar-refractivity contribution in [1.29, 1.82) is 0 Å². The highest BCUT2D eigenvalue weighted by Gasteiger charge is 2.21. The normalized spacial score (nSPS) is 14.7. The van der Waals surface area contributed by atoms with Crippen molar-refractivity contribution in [1.82, 2.24) is 9.47 Å². The molecule has 1 saturated heterocycles. The fraction of sp³-hybridized carbons (Fsp3) is 0.421. The summed E-state index contributed by atoms with van der Waals surface area (Å²) in [6.45, 7) is 4.23. The number of hydrogen-bond donors (Lipinski definition) is 0. The first-order valence-electron chi connectivity index (χ1n) is 8.54. The second-order valence-electron chi connectivity index (χ2n) is 6.09. The molecule has 1 aromatic carbocycles. The molecule has 1 amide bonds. The van der Waals surface area contributed by atoms with Crippen molar-refractivity contribution >= 4 is 11.6 Å². The molecule has 0 unspecified atom stereocenters. The molecule has 2 aromatic rings. The molecule has 0 spiro atoms. The largest absolute Gasteiger partial charge is 0.497 e. The fourth-order valence-corrected chi connectivity index (χ4v) is 3.11. The number of aromatic nitrogens is 1. The van der Waals surface area contributed by atoms with Gasteiger partial charge in [-0.2, -0.15) is 0 Å². The number of ether oxygens (including phenoxy) is 1. The molecule has 1 aliphatic rings. The van der Waals surface area contributed by atoms with E-state index in [-0.39, 0.29) is 5.91 Å². The van der Waals surface area contributed by atoms with Gasteiger partial charge in [0.05, 0.1) is 7.11 Å². The van der Waals surface area contributed by atoms with E-state index in [9.17, 15) is 4.79 Å². The van der Waals surface area contributed by atoms with Crippen LogP contribution in [0, 0.1) is 0 Å². The van der Waals surface area contributed by atoms with Crippen LogP contribution < -0.4 is 9.64 Å². The Morgan fingerprint density at radius 2 is 1.83 bits per heavy atom. The smallest absolute Gasteiger partial charge is 0.222 e. The van der Waals surface area contributed by atoms with Crippen molar-refractivity contribution in [2.45, 2.75) is 19.4 Å². The number of amides is 1. The van der Waals surface area contributed by atoms with Crippen LogP contribution in [0.15, 0.2) is 48.8 Å².